The van der Waals surface area contributed by atoms with Crippen molar-refractivity contribution in [1.29, 1.82) is 0 Å². The van der Waals surface area contributed by atoms with Gasteiger partial charge in [0.05, 0.1) is 0 Å². The van der Waals surface area contributed by atoms with Crippen LogP contribution in [0.15, 0.2) is 28.1 Å². The van der Waals surface area contributed by atoms with E-state index in [9.17, 15) is 0 Å². The minimum absolute atomic E-state index is 0.338. The summed E-state index contributed by atoms with van der Waals surface area (Å²) in [5.74, 6) is 0.0523. The van der Waals surface area contributed by atoms with Crippen LogP contribution in [0.3, 0.4) is 0 Å². The van der Waals surface area contributed by atoms with Gasteiger partial charge in [-0.25, -0.2) is 0 Å². The zero-order valence-corrected chi connectivity index (χ0v) is 19.2. The van der Waals surface area contributed by atoms with Crippen LogP contribution >= 0.6 is 0 Å². The Labute approximate surface area is 156 Å². The zero-order valence-electron chi connectivity index (χ0n) is 16.3. The number of benzene rings is 1. The Morgan fingerprint density at radius 1 is 0.840 bits per heavy atom. The van der Waals surface area contributed by atoms with Gasteiger partial charge in [-0.05, 0) is 0 Å². The van der Waals surface area contributed by atoms with E-state index in [1.54, 1.807) is 31.4 Å². The number of ether oxygens (including phenoxy) is 1. The van der Waals surface area contributed by atoms with Gasteiger partial charge in [0.2, 0.25) is 0 Å². The summed E-state index contributed by atoms with van der Waals surface area (Å²) in [7, 11) is 1.57. The summed E-state index contributed by atoms with van der Waals surface area (Å²) >= 11 is -3.33. The monoisotopic (exact) mass is 460 g/mol. The van der Waals surface area contributed by atoms with Crippen LogP contribution < -0.4 is 4.74 Å². The van der Waals surface area contributed by atoms with E-state index in [0.717, 1.165) is 51.8 Å². The molecule has 1 aromatic rings. The van der Waals surface area contributed by atoms with E-state index in [4.69, 9.17) is 4.74 Å². The molecular formula is C21H34F2OSn. The molecule has 0 saturated heterocycles. The van der Waals surface area contributed by atoms with Crippen molar-refractivity contribution in [3.63, 3.8) is 0 Å². The average molecular weight is 459 g/mol. The van der Waals surface area contributed by atoms with Crippen molar-refractivity contribution in [1.82, 2.24) is 0 Å². The molecule has 0 aliphatic carbocycles. The van der Waals surface area contributed by atoms with Crippen molar-refractivity contribution in [2.24, 2.45) is 0 Å². The average Bonchev–Trinajstić information content (AvgIpc) is 2.66. The van der Waals surface area contributed by atoms with Crippen LogP contribution in [-0.2, 0) is 0 Å². The number of hydrogen-bond acceptors (Lipinski definition) is 1. The Bertz CT molecular complexity index is 503. The van der Waals surface area contributed by atoms with Gasteiger partial charge in [0.1, 0.15) is 0 Å². The fourth-order valence-corrected chi connectivity index (χ4v) is 17.9. The molecule has 1 aromatic carbocycles. The number of rotatable bonds is 12. The molecule has 0 aliphatic heterocycles. The van der Waals surface area contributed by atoms with Gasteiger partial charge in [-0.15, -0.1) is 0 Å². The van der Waals surface area contributed by atoms with E-state index >= 15 is 8.78 Å². The fraction of sp³-hybridized carbons (Fsp3) is 0.619. The maximum absolute atomic E-state index is 15.5. The third kappa shape index (κ3) is 6.58. The molecule has 0 aliphatic rings. The molecule has 0 heterocycles. The summed E-state index contributed by atoms with van der Waals surface area (Å²) < 4.78 is 38.2. The molecule has 0 radical (unpaired) electrons. The Morgan fingerprint density at radius 2 is 1.28 bits per heavy atom. The van der Waals surface area contributed by atoms with Gasteiger partial charge in [0, 0.05) is 0 Å². The van der Waals surface area contributed by atoms with Crippen LogP contribution in [0.5, 0.6) is 5.75 Å². The molecule has 25 heavy (non-hydrogen) atoms. The molecule has 0 bridgehead atoms. The molecule has 0 spiro atoms. The number of methoxy groups -OCH3 is 1. The van der Waals surface area contributed by atoms with Gasteiger partial charge in [-0.1, -0.05) is 0 Å². The first-order valence-corrected chi connectivity index (χ1v) is 17.2. The van der Waals surface area contributed by atoms with E-state index in [2.05, 4.69) is 20.8 Å². The van der Waals surface area contributed by atoms with Gasteiger partial charge in [0.15, 0.2) is 0 Å². The standard InChI is InChI=1S/C9H7F2O.3C4H9.Sn/c1-12-8-4-2-7(3-5-8)9(11)6-10;3*1-3-4-2;/h2-5H,1H3;3*1,3-4H2,2H3;. The second kappa shape index (κ2) is 11.9. The van der Waals surface area contributed by atoms with E-state index in [1.807, 2.05) is 0 Å². The third-order valence-electron chi connectivity index (χ3n) is 5.03. The normalized spacial score (nSPS) is 12.9. The molecule has 0 aromatic heterocycles. The van der Waals surface area contributed by atoms with Gasteiger partial charge < -0.3 is 0 Å². The summed E-state index contributed by atoms with van der Waals surface area (Å²) in [6.45, 7) is 6.41. The molecule has 142 valence electrons. The molecular weight excluding hydrogens is 425 g/mol. The van der Waals surface area contributed by atoms with Crippen molar-refractivity contribution in [3.05, 3.63) is 33.7 Å². The summed E-state index contributed by atoms with van der Waals surface area (Å²) in [5, 5.41) is 0. The molecule has 0 amide bonds. The molecule has 1 nitrogen and oxygen atoms in total. The maximum atomic E-state index is 15.5. The van der Waals surface area contributed by atoms with Crippen molar-refractivity contribution >= 4 is 24.2 Å². The zero-order chi connectivity index (χ0) is 18.7. The van der Waals surface area contributed by atoms with E-state index < -0.39 is 24.2 Å². The van der Waals surface area contributed by atoms with Gasteiger partial charge in [-0.2, -0.15) is 0 Å². The molecule has 0 fully saturated rings. The SMILES string of the molecule is CCC[CH2][Sn]([CH2]CCC)([CH2]CCC)/[C](F)=C(/F)c1ccc(OC)cc1. The summed E-state index contributed by atoms with van der Waals surface area (Å²) in [6, 6.07) is 6.65. The minimum atomic E-state index is -3.33. The molecule has 0 saturated carbocycles. The van der Waals surface area contributed by atoms with Crippen LogP contribution in [0.25, 0.3) is 5.83 Å². The van der Waals surface area contributed by atoms with Crippen molar-refractivity contribution in [2.75, 3.05) is 7.11 Å². The van der Waals surface area contributed by atoms with Crippen LogP contribution in [0.1, 0.15) is 64.9 Å². The van der Waals surface area contributed by atoms with Crippen LogP contribution in [0, 0.1) is 0 Å². The van der Waals surface area contributed by atoms with E-state index in [-0.39, 0.29) is 3.84 Å². The predicted molar refractivity (Wildman–Crippen MR) is 107 cm³/mol. The van der Waals surface area contributed by atoms with Gasteiger partial charge in [-0.3, -0.25) is 0 Å². The predicted octanol–water partition coefficient (Wildman–Crippen LogP) is 7.69. The summed E-state index contributed by atoms with van der Waals surface area (Å²) in [5.41, 5.74) is 0.351. The molecule has 4 heteroatoms. The quantitative estimate of drug-likeness (QED) is 0.291. The molecule has 1 rings (SSSR count). The first kappa shape index (κ1) is 22.5. The number of halogens is 2. The Balaban J connectivity index is 3.24. The van der Waals surface area contributed by atoms with Crippen molar-refractivity contribution in [2.45, 2.75) is 72.6 Å². The number of hydrogen-bond donors (Lipinski definition) is 0. The first-order chi connectivity index (χ1) is 12.0. The Morgan fingerprint density at radius 3 is 1.64 bits per heavy atom. The summed E-state index contributed by atoms with van der Waals surface area (Å²) in [4.78, 5) is 0. The van der Waals surface area contributed by atoms with Crippen molar-refractivity contribution < 1.29 is 13.5 Å². The number of unbranched alkanes of at least 4 members (excludes halogenated alkanes) is 3. The summed E-state index contributed by atoms with van der Waals surface area (Å²) in [6.07, 6.45) is 6.21. The molecule has 0 N–H and O–H groups in total. The molecule has 0 atom stereocenters. The van der Waals surface area contributed by atoms with Crippen molar-refractivity contribution in [3.8, 4) is 5.75 Å². The first-order valence-electron chi connectivity index (χ1n) is 9.74. The van der Waals surface area contributed by atoms with Crippen LogP contribution in [0.2, 0.25) is 13.3 Å². The second-order valence-corrected chi connectivity index (χ2v) is 19.8. The fourth-order valence-electron chi connectivity index (χ4n) is 3.35. The molecule has 0 unspecified atom stereocenters. The Hall–Kier alpha value is -0.581. The van der Waals surface area contributed by atoms with Gasteiger partial charge >= 0.3 is 157 Å². The second-order valence-electron chi connectivity index (χ2n) is 6.95. The van der Waals surface area contributed by atoms with E-state index in [1.165, 1.54) is 0 Å². The van der Waals surface area contributed by atoms with Crippen LogP contribution in [0.4, 0.5) is 8.78 Å². The topological polar surface area (TPSA) is 9.23 Å². The van der Waals surface area contributed by atoms with Gasteiger partial charge in [0.25, 0.3) is 0 Å². The Kier molecular flexibility index (Phi) is 10.7. The van der Waals surface area contributed by atoms with E-state index in [0.29, 0.717) is 11.3 Å². The third-order valence-corrected chi connectivity index (χ3v) is 19.5. The van der Waals surface area contributed by atoms with Crippen LogP contribution in [-0.4, -0.2) is 25.5 Å².